The highest BCUT2D eigenvalue weighted by atomic mass is 16.7. The van der Waals surface area contributed by atoms with E-state index >= 15 is 0 Å². The van der Waals surface area contributed by atoms with Crippen LogP contribution in [0.25, 0.3) is 0 Å². The summed E-state index contributed by atoms with van der Waals surface area (Å²) in [6, 6.07) is 0. The normalized spacial score (nSPS) is 21.7. The predicted molar refractivity (Wildman–Crippen MR) is 52.9 cm³/mol. The molecule has 2 heteroatoms. The van der Waals surface area contributed by atoms with Crippen molar-refractivity contribution in [3.05, 3.63) is 35.1 Å². The molecule has 0 unspecified atom stereocenters. The molecule has 0 radical (unpaired) electrons. The molecule has 0 fully saturated rings. The second-order valence-electron chi connectivity index (χ2n) is 3.47. The first-order valence-electron chi connectivity index (χ1n) is 4.71. The fourth-order valence-electron chi connectivity index (χ4n) is 1.89. The van der Waals surface area contributed by atoms with E-state index in [9.17, 15) is 0 Å². The summed E-state index contributed by atoms with van der Waals surface area (Å²) in [6.45, 7) is 3.06. The molecule has 0 atom stereocenters. The van der Waals surface area contributed by atoms with Gasteiger partial charge in [-0.15, -0.1) is 0 Å². The molecule has 70 valence electrons. The van der Waals surface area contributed by atoms with E-state index in [4.69, 9.17) is 4.84 Å². The number of fused-ring (bicyclic) bond motifs is 1. The minimum absolute atomic E-state index is 0.860. The largest absolute Gasteiger partial charge is 0.276 e. The summed E-state index contributed by atoms with van der Waals surface area (Å²) in [5.41, 5.74) is 4.06. The Balaban J connectivity index is 2.38. The summed E-state index contributed by atoms with van der Waals surface area (Å²) in [5, 5.41) is 1.94. The third-order valence-electron chi connectivity index (χ3n) is 2.64. The van der Waals surface area contributed by atoms with Gasteiger partial charge in [-0.05, 0) is 25.3 Å². The number of hydrogen-bond acceptors (Lipinski definition) is 2. The van der Waals surface area contributed by atoms with Crippen molar-refractivity contribution in [2.75, 3.05) is 13.7 Å². The first kappa shape index (κ1) is 8.57. The SMILES string of the molecule is CON1CC=CC2=C(C)CCC=C21. The van der Waals surface area contributed by atoms with Gasteiger partial charge in [-0.2, -0.15) is 0 Å². The van der Waals surface area contributed by atoms with Crippen molar-refractivity contribution in [1.82, 2.24) is 5.06 Å². The van der Waals surface area contributed by atoms with Gasteiger partial charge in [0, 0.05) is 0 Å². The third-order valence-corrected chi connectivity index (χ3v) is 2.64. The Morgan fingerprint density at radius 2 is 2.31 bits per heavy atom. The molecule has 0 N–H and O–H groups in total. The molecule has 0 aromatic carbocycles. The maximum Gasteiger partial charge on any atom is 0.0672 e. The number of nitrogens with zero attached hydrogens (tertiary/aromatic N) is 1. The zero-order chi connectivity index (χ0) is 9.26. The summed E-state index contributed by atoms with van der Waals surface area (Å²) in [6.07, 6.45) is 8.93. The first-order chi connectivity index (χ1) is 6.33. The fraction of sp³-hybridized carbons (Fsp3) is 0.455. The van der Waals surface area contributed by atoms with Gasteiger partial charge >= 0.3 is 0 Å². The van der Waals surface area contributed by atoms with Crippen molar-refractivity contribution >= 4 is 0 Å². The van der Waals surface area contributed by atoms with Crippen LogP contribution in [0, 0.1) is 0 Å². The second-order valence-corrected chi connectivity index (χ2v) is 3.47. The van der Waals surface area contributed by atoms with Crippen LogP contribution in [0.2, 0.25) is 0 Å². The maximum absolute atomic E-state index is 5.29. The molecule has 0 amide bonds. The Morgan fingerprint density at radius 1 is 1.46 bits per heavy atom. The van der Waals surface area contributed by atoms with Crippen LogP contribution >= 0.6 is 0 Å². The number of hydroxylamine groups is 2. The van der Waals surface area contributed by atoms with Crippen LogP contribution in [-0.2, 0) is 4.84 Å². The second kappa shape index (κ2) is 3.38. The Labute approximate surface area is 79.1 Å². The molecule has 2 aliphatic rings. The average Bonchev–Trinajstić information content (AvgIpc) is 2.18. The molecule has 0 aromatic heterocycles. The quantitative estimate of drug-likeness (QED) is 0.610. The van der Waals surface area contributed by atoms with Gasteiger partial charge in [0.15, 0.2) is 0 Å². The van der Waals surface area contributed by atoms with E-state index in [-0.39, 0.29) is 0 Å². The van der Waals surface area contributed by atoms with Crippen LogP contribution in [0.4, 0.5) is 0 Å². The van der Waals surface area contributed by atoms with E-state index in [0.29, 0.717) is 0 Å². The lowest BCUT2D eigenvalue weighted by Crippen LogP contribution is -2.27. The first-order valence-corrected chi connectivity index (χ1v) is 4.71. The van der Waals surface area contributed by atoms with Gasteiger partial charge in [0.05, 0.1) is 19.4 Å². The Bertz CT molecular complexity index is 299. The molecule has 1 heterocycles. The molecule has 0 saturated carbocycles. The number of hydrogen-bond donors (Lipinski definition) is 0. The molecule has 0 bridgehead atoms. The van der Waals surface area contributed by atoms with E-state index in [1.165, 1.54) is 23.3 Å². The molecule has 2 nitrogen and oxygen atoms in total. The highest BCUT2D eigenvalue weighted by molar-refractivity contribution is 5.46. The zero-order valence-electron chi connectivity index (χ0n) is 8.21. The molecule has 1 aliphatic carbocycles. The molecule has 0 spiro atoms. The molecule has 13 heavy (non-hydrogen) atoms. The Kier molecular flexibility index (Phi) is 2.23. The summed E-state index contributed by atoms with van der Waals surface area (Å²) in [7, 11) is 1.72. The molecular weight excluding hydrogens is 162 g/mol. The number of rotatable bonds is 1. The van der Waals surface area contributed by atoms with Crippen LogP contribution in [-0.4, -0.2) is 18.7 Å². The van der Waals surface area contributed by atoms with Gasteiger partial charge in [-0.25, -0.2) is 0 Å². The van der Waals surface area contributed by atoms with Crippen molar-refractivity contribution in [1.29, 1.82) is 0 Å². The van der Waals surface area contributed by atoms with Gasteiger partial charge in [0.2, 0.25) is 0 Å². The van der Waals surface area contributed by atoms with Crippen molar-refractivity contribution in [3.8, 4) is 0 Å². The summed E-state index contributed by atoms with van der Waals surface area (Å²) in [5.74, 6) is 0. The molecule has 0 aromatic rings. The standard InChI is InChI=1S/C11H15NO/c1-9-5-3-7-11-10(9)6-4-8-12(11)13-2/h4,6-7H,3,5,8H2,1-2H3. The topological polar surface area (TPSA) is 12.5 Å². The fourth-order valence-corrected chi connectivity index (χ4v) is 1.89. The highest BCUT2D eigenvalue weighted by Crippen LogP contribution is 2.30. The van der Waals surface area contributed by atoms with Crippen LogP contribution < -0.4 is 0 Å². The minimum atomic E-state index is 0.860. The van der Waals surface area contributed by atoms with E-state index in [1.54, 1.807) is 7.11 Å². The molecule has 2 rings (SSSR count). The van der Waals surface area contributed by atoms with Gasteiger partial charge < -0.3 is 0 Å². The lowest BCUT2D eigenvalue weighted by atomic mass is 9.94. The number of allylic oxidation sites excluding steroid dienone is 3. The van der Waals surface area contributed by atoms with Crippen molar-refractivity contribution in [2.45, 2.75) is 19.8 Å². The summed E-state index contributed by atoms with van der Waals surface area (Å²) >= 11 is 0. The van der Waals surface area contributed by atoms with E-state index in [0.717, 1.165) is 13.0 Å². The van der Waals surface area contributed by atoms with Crippen LogP contribution in [0.5, 0.6) is 0 Å². The zero-order valence-corrected chi connectivity index (χ0v) is 8.21. The lowest BCUT2D eigenvalue weighted by molar-refractivity contribution is -0.0901. The Hall–Kier alpha value is -1.02. The van der Waals surface area contributed by atoms with Crippen LogP contribution in [0.15, 0.2) is 35.1 Å². The van der Waals surface area contributed by atoms with Crippen molar-refractivity contribution in [3.63, 3.8) is 0 Å². The van der Waals surface area contributed by atoms with Crippen molar-refractivity contribution < 1.29 is 4.84 Å². The van der Waals surface area contributed by atoms with E-state index in [1.807, 2.05) is 5.06 Å². The monoisotopic (exact) mass is 177 g/mol. The minimum Gasteiger partial charge on any atom is -0.276 e. The Morgan fingerprint density at radius 3 is 3.08 bits per heavy atom. The highest BCUT2D eigenvalue weighted by Gasteiger charge is 2.19. The van der Waals surface area contributed by atoms with E-state index < -0.39 is 0 Å². The lowest BCUT2D eigenvalue weighted by Gasteiger charge is -2.30. The third kappa shape index (κ3) is 1.42. The predicted octanol–water partition coefficient (Wildman–Crippen LogP) is 2.41. The van der Waals surface area contributed by atoms with Gasteiger partial charge in [0.1, 0.15) is 0 Å². The van der Waals surface area contributed by atoms with Gasteiger partial charge in [-0.1, -0.05) is 23.8 Å². The van der Waals surface area contributed by atoms with Crippen molar-refractivity contribution in [2.24, 2.45) is 0 Å². The molecular formula is C11H15NO. The molecule has 1 aliphatic heterocycles. The van der Waals surface area contributed by atoms with E-state index in [2.05, 4.69) is 25.2 Å². The van der Waals surface area contributed by atoms with Gasteiger partial charge in [-0.3, -0.25) is 9.90 Å². The maximum atomic E-state index is 5.29. The van der Waals surface area contributed by atoms with Crippen LogP contribution in [0.1, 0.15) is 19.8 Å². The summed E-state index contributed by atoms with van der Waals surface area (Å²) < 4.78 is 0. The smallest absolute Gasteiger partial charge is 0.0672 e. The van der Waals surface area contributed by atoms with Crippen LogP contribution in [0.3, 0.4) is 0 Å². The average molecular weight is 177 g/mol. The summed E-state index contributed by atoms with van der Waals surface area (Å²) in [4.78, 5) is 5.29. The van der Waals surface area contributed by atoms with Gasteiger partial charge in [0.25, 0.3) is 0 Å². The molecule has 0 saturated heterocycles.